The molecular weight excluding hydrogens is 288 g/mol. The molecule has 21 heavy (non-hydrogen) atoms. The van der Waals surface area contributed by atoms with Crippen LogP contribution in [0.25, 0.3) is 5.65 Å². The SMILES string of the molecule is Cc1nc2ccccn2c(=O)c1C(=O)c1cccc(Cl)c1. The van der Waals surface area contributed by atoms with E-state index in [0.29, 0.717) is 21.9 Å². The first kappa shape index (κ1) is 13.5. The molecule has 0 saturated heterocycles. The van der Waals surface area contributed by atoms with Crippen LogP contribution >= 0.6 is 11.6 Å². The third-order valence-corrected chi connectivity index (χ3v) is 3.46. The number of pyridine rings is 1. The summed E-state index contributed by atoms with van der Waals surface area (Å²) in [6.45, 7) is 1.66. The number of halogens is 1. The second-order valence-corrected chi connectivity index (χ2v) is 5.08. The second-order valence-electron chi connectivity index (χ2n) is 4.65. The Morgan fingerprint density at radius 2 is 2.00 bits per heavy atom. The molecule has 0 radical (unpaired) electrons. The predicted molar refractivity (Wildman–Crippen MR) is 81.1 cm³/mol. The zero-order valence-electron chi connectivity index (χ0n) is 11.2. The highest BCUT2D eigenvalue weighted by atomic mass is 35.5. The molecule has 0 aliphatic rings. The molecule has 0 atom stereocenters. The van der Waals surface area contributed by atoms with Gasteiger partial charge < -0.3 is 0 Å². The minimum Gasteiger partial charge on any atom is -0.288 e. The van der Waals surface area contributed by atoms with Crippen molar-refractivity contribution < 1.29 is 4.79 Å². The molecule has 0 aliphatic heterocycles. The van der Waals surface area contributed by atoms with Crippen molar-refractivity contribution in [1.82, 2.24) is 9.38 Å². The van der Waals surface area contributed by atoms with Crippen LogP contribution in [-0.4, -0.2) is 15.2 Å². The fraction of sp³-hybridized carbons (Fsp3) is 0.0625. The summed E-state index contributed by atoms with van der Waals surface area (Å²) < 4.78 is 1.37. The lowest BCUT2D eigenvalue weighted by molar-refractivity contribution is 0.103. The van der Waals surface area contributed by atoms with Gasteiger partial charge >= 0.3 is 0 Å². The number of hydrogen-bond acceptors (Lipinski definition) is 3. The number of rotatable bonds is 2. The maximum atomic E-state index is 12.6. The summed E-state index contributed by atoms with van der Waals surface area (Å²) >= 11 is 5.90. The van der Waals surface area contributed by atoms with Gasteiger partial charge in [-0.2, -0.15) is 0 Å². The average Bonchev–Trinajstić information content (AvgIpc) is 2.47. The molecular formula is C16H11ClN2O2. The van der Waals surface area contributed by atoms with Crippen LogP contribution in [0.2, 0.25) is 5.02 Å². The van der Waals surface area contributed by atoms with Gasteiger partial charge in [-0.05, 0) is 31.2 Å². The molecule has 0 N–H and O–H groups in total. The predicted octanol–water partition coefficient (Wildman–Crippen LogP) is 2.89. The normalized spacial score (nSPS) is 10.8. The summed E-state index contributed by atoms with van der Waals surface area (Å²) in [7, 11) is 0. The van der Waals surface area contributed by atoms with E-state index in [-0.39, 0.29) is 16.9 Å². The molecule has 0 unspecified atom stereocenters. The Morgan fingerprint density at radius 1 is 1.19 bits per heavy atom. The smallest absolute Gasteiger partial charge is 0.269 e. The summed E-state index contributed by atoms with van der Waals surface area (Å²) in [5, 5.41) is 0.451. The molecule has 1 aromatic carbocycles. The van der Waals surface area contributed by atoms with Gasteiger partial charge in [0.1, 0.15) is 11.2 Å². The molecule has 0 fully saturated rings. The van der Waals surface area contributed by atoms with Crippen LogP contribution in [0.5, 0.6) is 0 Å². The minimum absolute atomic E-state index is 0.0703. The number of aryl methyl sites for hydroxylation is 1. The monoisotopic (exact) mass is 298 g/mol. The van der Waals surface area contributed by atoms with E-state index >= 15 is 0 Å². The van der Waals surface area contributed by atoms with Crippen molar-refractivity contribution in [2.45, 2.75) is 6.92 Å². The van der Waals surface area contributed by atoms with Crippen molar-refractivity contribution in [3.8, 4) is 0 Å². The summed E-state index contributed by atoms with van der Waals surface area (Å²) in [4.78, 5) is 29.4. The standard InChI is InChI=1S/C16H11ClN2O2/c1-10-14(15(20)11-5-4-6-12(17)9-11)16(21)19-8-3-2-7-13(19)18-10/h2-9H,1H3. The number of hydrogen-bond donors (Lipinski definition) is 0. The third-order valence-electron chi connectivity index (χ3n) is 3.23. The van der Waals surface area contributed by atoms with Gasteiger partial charge in [-0.1, -0.05) is 29.8 Å². The molecule has 3 rings (SSSR count). The lowest BCUT2D eigenvalue weighted by Gasteiger charge is -2.07. The highest BCUT2D eigenvalue weighted by Crippen LogP contribution is 2.15. The molecule has 0 saturated carbocycles. The van der Waals surface area contributed by atoms with Crippen molar-refractivity contribution in [3.63, 3.8) is 0 Å². The van der Waals surface area contributed by atoms with Gasteiger partial charge in [0.15, 0.2) is 5.78 Å². The number of ketones is 1. The average molecular weight is 299 g/mol. The molecule has 4 nitrogen and oxygen atoms in total. The number of aromatic nitrogens is 2. The van der Waals surface area contributed by atoms with Crippen LogP contribution in [0, 0.1) is 6.92 Å². The number of benzene rings is 1. The molecule has 3 aromatic rings. The molecule has 0 bridgehead atoms. The maximum absolute atomic E-state index is 12.6. The van der Waals surface area contributed by atoms with Gasteiger partial charge in [-0.15, -0.1) is 0 Å². The van der Waals surface area contributed by atoms with E-state index in [1.165, 1.54) is 4.40 Å². The minimum atomic E-state index is -0.372. The first-order valence-corrected chi connectivity index (χ1v) is 6.74. The molecule has 2 aromatic heterocycles. The summed E-state index contributed by atoms with van der Waals surface area (Å²) in [5.74, 6) is -0.370. The number of nitrogens with zero attached hydrogens (tertiary/aromatic N) is 2. The Kier molecular flexibility index (Phi) is 3.31. The Hall–Kier alpha value is -2.46. The molecule has 0 aliphatic carbocycles. The van der Waals surface area contributed by atoms with Gasteiger partial charge in [-0.25, -0.2) is 4.98 Å². The zero-order valence-corrected chi connectivity index (χ0v) is 12.0. The topological polar surface area (TPSA) is 51.4 Å². The van der Waals surface area contributed by atoms with Gasteiger partial charge in [0.25, 0.3) is 5.56 Å². The number of fused-ring (bicyclic) bond motifs is 1. The van der Waals surface area contributed by atoms with E-state index in [9.17, 15) is 9.59 Å². The fourth-order valence-electron chi connectivity index (χ4n) is 2.24. The Morgan fingerprint density at radius 3 is 2.76 bits per heavy atom. The van der Waals surface area contributed by atoms with E-state index in [0.717, 1.165) is 0 Å². The Labute approximate surface area is 125 Å². The first-order chi connectivity index (χ1) is 10.1. The highest BCUT2D eigenvalue weighted by molar-refractivity contribution is 6.31. The largest absolute Gasteiger partial charge is 0.288 e. The van der Waals surface area contributed by atoms with Gasteiger partial charge in [0.2, 0.25) is 0 Å². The highest BCUT2D eigenvalue weighted by Gasteiger charge is 2.19. The van der Waals surface area contributed by atoms with Gasteiger partial charge in [-0.3, -0.25) is 14.0 Å². The Bertz CT molecular complexity index is 916. The van der Waals surface area contributed by atoms with Crippen LogP contribution in [0.1, 0.15) is 21.6 Å². The van der Waals surface area contributed by atoms with E-state index in [1.807, 2.05) is 0 Å². The second kappa shape index (κ2) is 5.14. The number of carbonyl (C=O) groups excluding carboxylic acids is 1. The first-order valence-electron chi connectivity index (χ1n) is 6.36. The van der Waals surface area contributed by atoms with Crippen molar-refractivity contribution in [2.24, 2.45) is 0 Å². The van der Waals surface area contributed by atoms with E-state index < -0.39 is 0 Å². The summed E-state index contributed by atoms with van der Waals surface area (Å²) in [6.07, 6.45) is 1.60. The lowest BCUT2D eigenvalue weighted by Crippen LogP contribution is -2.25. The van der Waals surface area contributed by atoms with Crippen LogP contribution in [0.15, 0.2) is 53.5 Å². The van der Waals surface area contributed by atoms with Crippen molar-refractivity contribution in [1.29, 1.82) is 0 Å². The quantitative estimate of drug-likeness (QED) is 0.684. The van der Waals surface area contributed by atoms with E-state index in [2.05, 4.69) is 4.98 Å². The van der Waals surface area contributed by atoms with E-state index in [4.69, 9.17) is 11.6 Å². The zero-order chi connectivity index (χ0) is 15.0. The maximum Gasteiger partial charge on any atom is 0.269 e. The molecule has 0 spiro atoms. The van der Waals surface area contributed by atoms with Crippen LogP contribution in [0.3, 0.4) is 0 Å². The Balaban J connectivity index is 2.25. The molecule has 5 heteroatoms. The lowest BCUT2D eigenvalue weighted by atomic mass is 10.0. The van der Waals surface area contributed by atoms with Gasteiger partial charge in [0.05, 0.1) is 5.69 Å². The molecule has 0 amide bonds. The molecule has 2 heterocycles. The molecule has 104 valence electrons. The summed E-state index contributed by atoms with van der Waals surface area (Å²) in [6, 6.07) is 11.8. The van der Waals surface area contributed by atoms with Crippen molar-refractivity contribution in [3.05, 3.63) is 80.9 Å². The fourth-order valence-corrected chi connectivity index (χ4v) is 2.43. The van der Waals surface area contributed by atoms with Crippen molar-refractivity contribution >= 4 is 23.0 Å². The van der Waals surface area contributed by atoms with Crippen LogP contribution in [-0.2, 0) is 0 Å². The van der Waals surface area contributed by atoms with E-state index in [1.54, 1.807) is 55.6 Å². The van der Waals surface area contributed by atoms with Gasteiger partial charge in [0, 0.05) is 16.8 Å². The third kappa shape index (κ3) is 2.34. The van der Waals surface area contributed by atoms with Crippen molar-refractivity contribution in [2.75, 3.05) is 0 Å². The summed E-state index contributed by atoms with van der Waals surface area (Å²) in [5.41, 5.74) is 1.00. The number of carbonyl (C=O) groups is 1. The van der Waals surface area contributed by atoms with Crippen LogP contribution in [0.4, 0.5) is 0 Å². The van der Waals surface area contributed by atoms with Crippen LogP contribution < -0.4 is 5.56 Å².